The lowest BCUT2D eigenvalue weighted by Crippen LogP contribution is -2.31. The van der Waals surface area contributed by atoms with Crippen molar-refractivity contribution in [1.29, 1.82) is 0 Å². The van der Waals surface area contributed by atoms with Gasteiger partial charge in [-0.15, -0.1) is 5.10 Å². The average Bonchev–Trinajstić information content (AvgIpc) is 2.98. The first-order chi connectivity index (χ1) is 13.4. The van der Waals surface area contributed by atoms with Crippen LogP contribution in [0.4, 0.5) is 0 Å². The molecule has 0 aliphatic carbocycles. The molecule has 0 aliphatic heterocycles. The van der Waals surface area contributed by atoms with Gasteiger partial charge in [0.25, 0.3) is 0 Å². The van der Waals surface area contributed by atoms with Gasteiger partial charge in [0.05, 0.1) is 18.0 Å². The van der Waals surface area contributed by atoms with E-state index in [-0.39, 0.29) is 23.7 Å². The van der Waals surface area contributed by atoms with Gasteiger partial charge in [-0.3, -0.25) is 4.57 Å². The van der Waals surface area contributed by atoms with Gasteiger partial charge in [0, 0.05) is 19.2 Å². The molecule has 28 heavy (non-hydrogen) atoms. The third-order valence-corrected chi connectivity index (χ3v) is 5.61. The molecule has 0 radical (unpaired) electrons. The SMILES string of the molecule is CCOc1ccc(S(=O)(=O)NCCn2nc(-c3ccccc3)n(C)c2=O)cc1. The molecule has 0 aliphatic rings. The Kier molecular flexibility index (Phi) is 5.96. The van der Waals surface area contributed by atoms with Gasteiger partial charge in [0.2, 0.25) is 10.0 Å². The average molecular weight is 402 g/mol. The highest BCUT2D eigenvalue weighted by molar-refractivity contribution is 7.89. The van der Waals surface area contributed by atoms with Crippen LogP contribution in [-0.4, -0.2) is 35.9 Å². The van der Waals surface area contributed by atoms with Crippen LogP contribution in [0.1, 0.15) is 6.92 Å². The van der Waals surface area contributed by atoms with Crippen molar-refractivity contribution in [1.82, 2.24) is 19.1 Å². The molecule has 3 rings (SSSR count). The Hall–Kier alpha value is -2.91. The first-order valence-electron chi connectivity index (χ1n) is 8.84. The van der Waals surface area contributed by atoms with E-state index in [4.69, 9.17) is 4.74 Å². The highest BCUT2D eigenvalue weighted by Gasteiger charge is 2.15. The first kappa shape index (κ1) is 19.8. The second kappa shape index (κ2) is 8.41. The summed E-state index contributed by atoms with van der Waals surface area (Å²) in [5, 5.41) is 4.32. The van der Waals surface area contributed by atoms with E-state index in [0.717, 1.165) is 5.56 Å². The Morgan fingerprint density at radius 2 is 1.75 bits per heavy atom. The molecule has 0 spiro atoms. The molecule has 0 atom stereocenters. The summed E-state index contributed by atoms with van der Waals surface area (Å²) in [7, 11) is -2.05. The second-order valence-corrected chi connectivity index (χ2v) is 7.82. The summed E-state index contributed by atoms with van der Waals surface area (Å²) >= 11 is 0. The third kappa shape index (κ3) is 4.32. The van der Waals surface area contributed by atoms with Crippen LogP contribution < -0.4 is 15.1 Å². The van der Waals surface area contributed by atoms with Crippen LogP contribution in [0, 0.1) is 0 Å². The number of rotatable bonds is 8. The number of sulfonamides is 1. The van der Waals surface area contributed by atoms with Crippen LogP contribution in [0.3, 0.4) is 0 Å². The van der Waals surface area contributed by atoms with Crippen molar-refractivity contribution in [2.75, 3.05) is 13.2 Å². The van der Waals surface area contributed by atoms with E-state index >= 15 is 0 Å². The lowest BCUT2D eigenvalue weighted by atomic mass is 10.2. The van der Waals surface area contributed by atoms with Crippen molar-refractivity contribution >= 4 is 10.0 Å². The molecule has 0 amide bonds. The van der Waals surface area contributed by atoms with Crippen molar-refractivity contribution in [3.8, 4) is 17.1 Å². The number of nitrogens with zero attached hydrogens (tertiary/aromatic N) is 3. The molecule has 1 N–H and O–H groups in total. The van der Waals surface area contributed by atoms with Gasteiger partial charge in [-0.25, -0.2) is 22.6 Å². The van der Waals surface area contributed by atoms with Gasteiger partial charge in [0.15, 0.2) is 5.82 Å². The van der Waals surface area contributed by atoms with Crippen LogP contribution in [0.15, 0.2) is 64.3 Å². The van der Waals surface area contributed by atoms with Crippen LogP contribution >= 0.6 is 0 Å². The fourth-order valence-corrected chi connectivity index (χ4v) is 3.74. The van der Waals surface area contributed by atoms with Gasteiger partial charge in [-0.2, -0.15) is 0 Å². The summed E-state index contributed by atoms with van der Waals surface area (Å²) in [6.07, 6.45) is 0. The molecule has 1 heterocycles. The number of ether oxygens (including phenoxy) is 1. The van der Waals surface area contributed by atoms with Gasteiger partial charge >= 0.3 is 5.69 Å². The van der Waals surface area contributed by atoms with E-state index in [1.54, 1.807) is 19.2 Å². The van der Waals surface area contributed by atoms with E-state index in [2.05, 4.69) is 9.82 Å². The fraction of sp³-hybridized carbons (Fsp3) is 0.263. The predicted octanol–water partition coefficient (Wildman–Crippen LogP) is 1.63. The fourth-order valence-electron chi connectivity index (χ4n) is 2.72. The Morgan fingerprint density at radius 1 is 1.07 bits per heavy atom. The van der Waals surface area contributed by atoms with Crippen LogP contribution in [0.2, 0.25) is 0 Å². The molecular formula is C19H22N4O4S. The molecule has 3 aromatic rings. The molecule has 8 nitrogen and oxygen atoms in total. The van der Waals surface area contributed by atoms with Crippen LogP contribution in [0.25, 0.3) is 11.4 Å². The van der Waals surface area contributed by atoms with Crippen LogP contribution in [0.5, 0.6) is 5.75 Å². The zero-order valence-corrected chi connectivity index (χ0v) is 16.5. The molecule has 148 valence electrons. The molecule has 0 unspecified atom stereocenters. The number of hydrogen-bond acceptors (Lipinski definition) is 5. The smallest absolute Gasteiger partial charge is 0.345 e. The predicted molar refractivity (Wildman–Crippen MR) is 106 cm³/mol. The Bertz CT molecular complexity index is 1090. The zero-order valence-electron chi connectivity index (χ0n) is 15.7. The van der Waals surface area contributed by atoms with Gasteiger partial charge in [-0.05, 0) is 31.2 Å². The van der Waals surface area contributed by atoms with E-state index < -0.39 is 10.0 Å². The summed E-state index contributed by atoms with van der Waals surface area (Å²) in [5.41, 5.74) is 0.509. The lowest BCUT2D eigenvalue weighted by molar-refractivity contribution is 0.340. The maximum Gasteiger partial charge on any atom is 0.345 e. The van der Waals surface area contributed by atoms with Crippen molar-refractivity contribution in [3.63, 3.8) is 0 Å². The summed E-state index contributed by atoms with van der Waals surface area (Å²) in [6.45, 7) is 2.53. The van der Waals surface area contributed by atoms with E-state index in [0.29, 0.717) is 18.2 Å². The topological polar surface area (TPSA) is 95.2 Å². The molecule has 0 saturated heterocycles. The normalized spacial score (nSPS) is 11.5. The number of aromatic nitrogens is 3. The molecule has 9 heteroatoms. The zero-order chi connectivity index (χ0) is 20.1. The Morgan fingerprint density at radius 3 is 2.39 bits per heavy atom. The van der Waals surface area contributed by atoms with E-state index in [9.17, 15) is 13.2 Å². The molecule has 1 aromatic heterocycles. The minimum atomic E-state index is -3.69. The Labute approximate surface area is 163 Å². The molecule has 0 saturated carbocycles. The first-order valence-corrected chi connectivity index (χ1v) is 10.3. The summed E-state index contributed by atoms with van der Waals surface area (Å²) < 4.78 is 35.3. The lowest BCUT2D eigenvalue weighted by Gasteiger charge is -2.08. The number of hydrogen-bond donors (Lipinski definition) is 1. The molecule has 0 fully saturated rings. The highest BCUT2D eigenvalue weighted by atomic mass is 32.2. The summed E-state index contributed by atoms with van der Waals surface area (Å²) in [5.74, 6) is 1.13. The minimum Gasteiger partial charge on any atom is -0.494 e. The number of nitrogens with one attached hydrogen (secondary N) is 1. The monoisotopic (exact) mass is 402 g/mol. The van der Waals surface area contributed by atoms with Crippen molar-refractivity contribution < 1.29 is 13.2 Å². The maximum atomic E-state index is 12.4. The summed E-state index contributed by atoms with van der Waals surface area (Å²) in [6, 6.07) is 15.5. The number of benzene rings is 2. The van der Waals surface area contributed by atoms with Gasteiger partial charge in [-0.1, -0.05) is 30.3 Å². The van der Waals surface area contributed by atoms with Gasteiger partial charge < -0.3 is 4.74 Å². The van der Waals surface area contributed by atoms with Crippen molar-refractivity contribution in [2.24, 2.45) is 7.05 Å². The largest absolute Gasteiger partial charge is 0.494 e. The maximum absolute atomic E-state index is 12.4. The quantitative estimate of drug-likeness (QED) is 0.618. The van der Waals surface area contributed by atoms with Crippen molar-refractivity contribution in [2.45, 2.75) is 18.4 Å². The standard InChI is InChI=1S/C19H22N4O4S/c1-3-27-16-9-11-17(12-10-16)28(25,26)20-13-14-23-19(24)22(2)18(21-23)15-7-5-4-6-8-15/h4-12,20H,3,13-14H2,1-2H3. The highest BCUT2D eigenvalue weighted by Crippen LogP contribution is 2.16. The second-order valence-electron chi connectivity index (χ2n) is 6.06. The third-order valence-electron chi connectivity index (χ3n) is 4.13. The van der Waals surface area contributed by atoms with E-state index in [1.165, 1.54) is 21.4 Å². The van der Waals surface area contributed by atoms with Crippen LogP contribution in [-0.2, 0) is 23.6 Å². The van der Waals surface area contributed by atoms with Gasteiger partial charge in [0.1, 0.15) is 5.75 Å². The summed E-state index contributed by atoms with van der Waals surface area (Å²) in [4.78, 5) is 12.5. The molecular weight excluding hydrogens is 380 g/mol. The minimum absolute atomic E-state index is 0.0424. The molecule has 2 aromatic carbocycles. The Balaban J connectivity index is 1.68. The van der Waals surface area contributed by atoms with Crippen molar-refractivity contribution in [3.05, 3.63) is 65.1 Å². The van der Waals surface area contributed by atoms with E-state index in [1.807, 2.05) is 37.3 Å². The molecule has 0 bridgehead atoms.